The zero-order valence-electron chi connectivity index (χ0n) is 13.4. The maximum Gasteiger partial charge on any atom is 0.177 e. The topological polar surface area (TPSA) is 24.1 Å². The van der Waals surface area contributed by atoms with Gasteiger partial charge >= 0.3 is 0 Å². The summed E-state index contributed by atoms with van der Waals surface area (Å²) in [5.74, 6) is 0. The summed E-state index contributed by atoms with van der Waals surface area (Å²) in [4.78, 5) is 0. The predicted octanol–water partition coefficient (Wildman–Crippen LogP) is 2.21. The summed E-state index contributed by atoms with van der Waals surface area (Å²) in [7, 11) is 6.37. The van der Waals surface area contributed by atoms with Gasteiger partial charge in [0.05, 0.1) is 19.7 Å². The average molecular weight is 286 g/mol. The molecule has 2 atom stereocenters. The molecule has 1 aromatic heterocycles. The van der Waals surface area contributed by atoms with Crippen LogP contribution >= 0.6 is 0 Å². The van der Waals surface area contributed by atoms with Crippen LogP contribution in [0.1, 0.15) is 24.2 Å². The quantitative estimate of drug-likeness (QED) is 0.661. The van der Waals surface area contributed by atoms with E-state index in [1.165, 1.54) is 5.56 Å². The third-order valence-electron chi connectivity index (χ3n) is 4.29. The van der Waals surface area contributed by atoms with Gasteiger partial charge in [-0.05, 0) is 18.6 Å². The Morgan fingerprint density at radius 1 is 1.10 bits per heavy atom. The highest BCUT2D eigenvalue weighted by Gasteiger charge is 2.32. The first-order valence-electron chi connectivity index (χ1n) is 7.40. The molecule has 0 aliphatic carbocycles. The largest absolute Gasteiger partial charge is 0.382 e. The minimum absolute atomic E-state index is 0.109. The van der Waals surface area contributed by atoms with Gasteiger partial charge in [0.2, 0.25) is 0 Å². The molecule has 3 heteroatoms. The number of benzene rings is 1. The second kappa shape index (κ2) is 6.37. The van der Waals surface area contributed by atoms with E-state index in [-0.39, 0.29) is 6.04 Å². The van der Waals surface area contributed by atoms with Gasteiger partial charge in [-0.3, -0.25) is 0 Å². The maximum absolute atomic E-state index is 10.6. The van der Waals surface area contributed by atoms with Crippen LogP contribution in [-0.4, -0.2) is 29.7 Å². The number of aromatic nitrogens is 1. The third kappa shape index (κ3) is 3.90. The number of pyridine rings is 1. The molecule has 21 heavy (non-hydrogen) atoms. The summed E-state index contributed by atoms with van der Waals surface area (Å²) in [6, 6.07) is 14.2. The van der Waals surface area contributed by atoms with E-state index in [2.05, 4.69) is 43.9 Å². The highest BCUT2D eigenvalue weighted by atomic mass is 16.3. The molecule has 3 nitrogen and oxygen atoms in total. The number of nitrogens with zero attached hydrogens (tertiary/aromatic N) is 2. The number of hydrogen-bond acceptors (Lipinski definition) is 1. The first-order chi connectivity index (χ1) is 9.90. The third-order valence-corrected chi connectivity index (χ3v) is 4.29. The summed E-state index contributed by atoms with van der Waals surface area (Å²) in [6.07, 6.45) is 3.71. The van der Waals surface area contributed by atoms with E-state index in [9.17, 15) is 5.11 Å². The molecule has 2 aromatic rings. The number of hydrogen-bond donors (Lipinski definition) is 1. The van der Waals surface area contributed by atoms with Crippen LogP contribution in [0.5, 0.6) is 0 Å². The molecule has 0 amide bonds. The Bertz CT molecular complexity index is 581. The minimum atomic E-state index is -0.460. The first kappa shape index (κ1) is 15.7. The smallest absolute Gasteiger partial charge is 0.177 e. The second-order valence-electron chi connectivity index (χ2n) is 6.41. The highest BCUT2D eigenvalue weighted by molar-refractivity contribution is 5.18. The van der Waals surface area contributed by atoms with Gasteiger partial charge in [0.15, 0.2) is 12.4 Å². The van der Waals surface area contributed by atoms with Crippen LogP contribution in [0.2, 0.25) is 0 Å². The highest BCUT2D eigenvalue weighted by Crippen LogP contribution is 2.25. The van der Waals surface area contributed by atoms with Gasteiger partial charge in [0.25, 0.3) is 0 Å². The van der Waals surface area contributed by atoms with Crippen molar-refractivity contribution in [2.75, 3.05) is 14.1 Å². The van der Waals surface area contributed by atoms with Gasteiger partial charge in [0, 0.05) is 6.07 Å². The van der Waals surface area contributed by atoms with Crippen LogP contribution < -0.4 is 4.57 Å². The first-order valence-corrected chi connectivity index (χ1v) is 7.40. The number of quaternary nitrogens is 1. The lowest BCUT2D eigenvalue weighted by atomic mass is 10.0. The number of likely N-dealkylation sites (N-methyl/N-ethyl adjacent to an activating group) is 1. The maximum atomic E-state index is 10.6. The van der Waals surface area contributed by atoms with Crippen molar-refractivity contribution in [1.82, 2.24) is 0 Å². The molecule has 0 bridgehead atoms. The Hall–Kier alpha value is -1.71. The van der Waals surface area contributed by atoms with Crippen LogP contribution in [0.3, 0.4) is 0 Å². The molecule has 0 spiro atoms. The van der Waals surface area contributed by atoms with E-state index in [4.69, 9.17) is 0 Å². The molecule has 112 valence electrons. The molecule has 2 rings (SSSR count). The lowest BCUT2D eigenvalue weighted by Gasteiger charge is -2.38. The van der Waals surface area contributed by atoms with Crippen molar-refractivity contribution in [2.45, 2.75) is 25.6 Å². The standard InChI is InChI=1S/C18H26N2O/c1-15(18(21)17-10-6-5-7-11-17)20(3,4)14-16-9-8-12-19(2)13-16/h5-13,15,18,21H,14H2,1-4H3/q+2/t15-,18-/m0/s1. The molecule has 0 radical (unpaired) electrons. The van der Waals surface area contributed by atoms with E-state index in [1.54, 1.807) is 0 Å². The predicted molar refractivity (Wildman–Crippen MR) is 84.3 cm³/mol. The molecular formula is C18H26N2O+2. The van der Waals surface area contributed by atoms with Crippen LogP contribution in [0.15, 0.2) is 54.9 Å². The fourth-order valence-electron chi connectivity index (χ4n) is 2.67. The number of aliphatic hydroxyl groups excluding tert-OH is 1. The summed E-state index contributed by atoms with van der Waals surface area (Å²) in [5.41, 5.74) is 2.26. The summed E-state index contributed by atoms with van der Waals surface area (Å²) >= 11 is 0. The molecule has 0 fully saturated rings. The van der Waals surface area contributed by atoms with Gasteiger partial charge in [-0.25, -0.2) is 4.57 Å². The Morgan fingerprint density at radius 2 is 1.76 bits per heavy atom. The fraction of sp³-hybridized carbons (Fsp3) is 0.389. The molecule has 0 aliphatic rings. The number of rotatable bonds is 5. The summed E-state index contributed by atoms with van der Waals surface area (Å²) in [6.45, 7) is 3.00. The van der Waals surface area contributed by atoms with Crippen LogP contribution in [0, 0.1) is 0 Å². The SMILES string of the molecule is C[C@@H]([C@H](O)c1ccccc1)[N+](C)(C)Cc1ccc[n+](C)c1. The van der Waals surface area contributed by atoms with Crippen molar-refractivity contribution in [2.24, 2.45) is 7.05 Å². The number of aryl methyl sites for hydroxylation is 1. The van der Waals surface area contributed by atoms with Gasteiger partial charge in [-0.15, -0.1) is 0 Å². The average Bonchev–Trinajstić information content (AvgIpc) is 2.46. The van der Waals surface area contributed by atoms with Crippen molar-refractivity contribution >= 4 is 0 Å². The number of aliphatic hydroxyl groups is 1. The van der Waals surface area contributed by atoms with Gasteiger partial charge in [-0.1, -0.05) is 30.3 Å². The zero-order chi connectivity index (χ0) is 15.5. The van der Waals surface area contributed by atoms with Gasteiger partial charge in [0.1, 0.15) is 25.7 Å². The Balaban J connectivity index is 2.14. The van der Waals surface area contributed by atoms with E-state index in [1.807, 2.05) is 43.6 Å². The Labute approximate surface area is 127 Å². The Morgan fingerprint density at radius 3 is 2.38 bits per heavy atom. The minimum Gasteiger partial charge on any atom is -0.382 e. The van der Waals surface area contributed by atoms with Crippen LogP contribution in [0.25, 0.3) is 0 Å². The van der Waals surface area contributed by atoms with E-state index < -0.39 is 6.10 Å². The van der Waals surface area contributed by atoms with Crippen LogP contribution in [-0.2, 0) is 13.6 Å². The molecule has 0 unspecified atom stereocenters. The lowest BCUT2D eigenvalue weighted by Crippen LogP contribution is -2.49. The van der Waals surface area contributed by atoms with Crippen molar-refractivity contribution in [1.29, 1.82) is 0 Å². The van der Waals surface area contributed by atoms with Crippen molar-refractivity contribution in [3.8, 4) is 0 Å². The van der Waals surface area contributed by atoms with Crippen LogP contribution in [0.4, 0.5) is 0 Å². The van der Waals surface area contributed by atoms with Crippen molar-refractivity contribution in [3.63, 3.8) is 0 Å². The van der Waals surface area contributed by atoms with Gasteiger partial charge in [-0.2, -0.15) is 0 Å². The van der Waals surface area contributed by atoms with Crippen molar-refractivity contribution in [3.05, 3.63) is 66.0 Å². The molecule has 0 aliphatic heterocycles. The monoisotopic (exact) mass is 286 g/mol. The molecule has 0 saturated heterocycles. The zero-order valence-corrected chi connectivity index (χ0v) is 13.4. The second-order valence-corrected chi connectivity index (χ2v) is 6.41. The molecule has 1 aromatic carbocycles. The normalized spacial score (nSPS) is 14.7. The Kier molecular flexibility index (Phi) is 4.76. The lowest BCUT2D eigenvalue weighted by molar-refractivity contribution is -0.930. The van der Waals surface area contributed by atoms with Gasteiger partial charge < -0.3 is 9.59 Å². The molecule has 0 saturated carbocycles. The summed E-state index contributed by atoms with van der Waals surface area (Å²) in [5, 5.41) is 10.6. The van der Waals surface area contributed by atoms with Crippen molar-refractivity contribution < 1.29 is 14.2 Å². The van der Waals surface area contributed by atoms with E-state index in [0.29, 0.717) is 0 Å². The molecule has 1 N–H and O–H groups in total. The summed E-state index contributed by atoms with van der Waals surface area (Å²) < 4.78 is 2.80. The van der Waals surface area contributed by atoms with E-state index >= 15 is 0 Å². The van der Waals surface area contributed by atoms with E-state index in [0.717, 1.165) is 16.6 Å². The molecular weight excluding hydrogens is 260 g/mol. The molecule has 1 heterocycles. The fourth-order valence-corrected chi connectivity index (χ4v) is 2.67.